The predicted octanol–water partition coefficient (Wildman–Crippen LogP) is 6.48. The number of para-hydroxylation sites is 1. The third-order valence-electron chi connectivity index (χ3n) is 8.33. The summed E-state index contributed by atoms with van der Waals surface area (Å²) in [7, 11) is 0. The van der Waals surface area contributed by atoms with E-state index in [0.717, 1.165) is 39.1 Å². The fourth-order valence-electron chi connectivity index (χ4n) is 5.74. The Morgan fingerprint density at radius 1 is 0.878 bits per heavy atom. The van der Waals surface area contributed by atoms with E-state index in [1.165, 1.54) is 0 Å². The van der Waals surface area contributed by atoms with Gasteiger partial charge in [0.25, 0.3) is 5.91 Å². The van der Waals surface area contributed by atoms with Crippen LogP contribution >= 0.6 is 11.8 Å². The number of benzene rings is 4. The summed E-state index contributed by atoms with van der Waals surface area (Å²) in [5, 5.41) is 25.6. The Labute approximate surface area is 288 Å². The topological polar surface area (TPSA) is 124 Å². The summed E-state index contributed by atoms with van der Waals surface area (Å²) in [6.07, 6.45) is 2.87. The van der Waals surface area contributed by atoms with Gasteiger partial charge in [0.15, 0.2) is 6.29 Å². The number of carbonyl (C=O) groups is 1. The van der Waals surface area contributed by atoms with E-state index in [0.29, 0.717) is 29.4 Å². The normalized spacial score (nSPS) is 17.4. The Morgan fingerprint density at radius 3 is 2.43 bits per heavy atom. The molecule has 3 atom stereocenters. The van der Waals surface area contributed by atoms with E-state index in [1.807, 2.05) is 84.9 Å². The van der Waals surface area contributed by atoms with E-state index in [2.05, 4.69) is 44.0 Å². The summed E-state index contributed by atoms with van der Waals surface area (Å²) in [6.45, 7) is 0.365. The molecule has 7 rings (SSSR count). The first-order chi connectivity index (χ1) is 24.1. The van der Waals surface area contributed by atoms with E-state index >= 15 is 0 Å². The van der Waals surface area contributed by atoms with Gasteiger partial charge in [-0.2, -0.15) is 4.68 Å². The first-order valence-electron chi connectivity index (χ1n) is 16.0. The molecule has 6 aromatic rings. The van der Waals surface area contributed by atoms with Crippen LogP contribution in [0.25, 0.3) is 16.8 Å². The molecular formula is C38H34N6O4S. The molecule has 2 aromatic heterocycles. The molecule has 4 aromatic carbocycles. The number of amides is 1. The fourth-order valence-corrected chi connectivity index (χ4v) is 6.65. The molecule has 1 saturated heterocycles. The Hall–Kier alpha value is -5.20. The van der Waals surface area contributed by atoms with Crippen molar-refractivity contribution >= 4 is 17.7 Å². The van der Waals surface area contributed by atoms with E-state index < -0.39 is 6.29 Å². The van der Waals surface area contributed by atoms with Crippen molar-refractivity contribution in [2.45, 2.75) is 43.2 Å². The molecule has 0 aliphatic carbocycles. The molecule has 0 spiro atoms. The summed E-state index contributed by atoms with van der Waals surface area (Å²) < 4.78 is 14.9. The van der Waals surface area contributed by atoms with Gasteiger partial charge in [0, 0.05) is 36.7 Å². The lowest BCUT2D eigenvalue weighted by molar-refractivity contribution is -0.245. The minimum Gasteiger partial charge on any atom is -0.392 e. The Balaban J connectivity index is 1.09. The maximum Gasteiger partial charge on any atom is 0.253 e. The van der Waals surface area contributed by atoms with Gasteiger partial charge in [0.2, 0.25) is 5.16 Å². The second-order valence-electron chi connectivity index (χ2n) is 11.6. The van der Waals surface area contributed by atoms with Crippen molar-refractivity contribution < 1.29 is 19.4 Å². The van der Waals surface area contributed by atoms with E-state index in [9.17, 15) is 9.90 Å². The number of aliphatic hydroxyl groups excluding tert-OH is 1. The molecule has 0 unspecified atom stereocenters. The number of hydrogen-bond acceptors (Lipinski definition) is 9. The van der Waals surface area contributed by atoms with Crippen LogP contribution in [0.5, 0.6) is 0 Å². The summed E-state index contributed by atoms with van der Waals surface area (Å²) in [5.74, 6) is 0.448. The van der Waals surface area contributed by atoms with Crippen molar-refractivity contribution in [2.75, 3.05) is 5.75 Å². The van der Waals surface area contributed by atoms with Crippen LogP contribution in [-0.4, -0.2) is 48.1 Å². The number of thioether (sulfide) groups is 1. The van der Waals surface area contributed by atoms with Crippen LogP contribution in [0.2, 0.25) is 0 Å². The van der Waals surface area contributed by atoms with Crippen molar-refractivity contribution in [2.24, 2.45) is 0 Å². The molecule has 11 heteroatoms. The zero-order chi connectivity index (χ0) is 33.4. The lowest BCUT2D eigenvalue weighted by atomic mass is 9.97. The third kappa shape index (κ3) is 7.76. The molecule has 49 heavy (non-hydrogen) atoms. The largest absolute Gasteiger partial charge is 0.392 e. The molecule has 246 valence electrons. The number of aliphatic hydroxyl groups is 1. The molecular weight excluding hydrogens is 637 g/mol. The Bertz CT molecular complexity index is 1970. The predicted molar refractivity (Wildman–Crippen MR) is 186 cm³/mol. The Morgan fingerprint density at radius 2 is 1.65 bits per heavy atom. The van der Waals surface area contributed by atoms with Gasteiger partial charge in [-0.05, 0) is 62.5 Å². The zero-order valence-corrected chi connectivity index (χ0v) is 27.3. The zero-order valence-electron chi connectivity index (χ0n) is 26.5. The van der Waals surface area contributed by atoms with Crippen molar-refractivity contribution in [3.63, 3.8) is 0 Å². The van der Waals surface area contributed by atoms with Gasteiger partial charge in [-0.1, -0.05) is 103 Å². The van der Waals surface area contributed by atoms with Crippen LogP contribution in [0.15, 0.2) is 133 Å². The molecule has 0 radical (unpaired) electrons. The van der Waals surface area contributed by atoms with Crippen LogP contribution in [-0.2, 0) is 22.6 Å². The van der Waals surface area contributed by atoms with Gasteiger partial charge in [-0.15, -0.1) is 5.10 Å². The standard InChI is InChI=1S/C38H34N6O4S/c45-24-26-12-14-28(15-13-26)35-21-33(25-49-38-41-42-43-44(38)32-9-2-1-3-10-32)47-37(48-35)29-18-16-27(17-19-29)34-11-5-4-7-30(34)23-40-36(46)31-8-6-20-39-22-31/h1-20,22,33,35,37,45H,21,23-25H2,(H,40,46)/t33-,35+,37+/m0/s1. The smallest absolute Gasteiger partial charge is 0.253 e. The SMILES string of the molecule is O=C(NCc1ccccc1-c1ccc([C@@H]2O[C@H](CSc3nnnn3-c3ccccc3)C[C@H](c3ccc(CO)cc3)O2)cc1)c1cccnc1. The van der Waals surface area contributed by atoms with Crippen LogP contribution < -0.4 is 5.32 Å². The van der Waals surface area contributed by atoms with Crippen molar-refractivity contribution in [3.8, 4) is 16.8 Å². The number of nitrogens with zero attached hydrogens (tertiary/aromatic N) is 5. The van der Waals surface area contributed by atoms with Crippen molar-refractivity contribution in [3.05, 3.63) is 155 Å². The highest BCUT2D eigenvalue weighted by atomic mass is 32.2. The van der Waals surface area contributed by atoms with Crippen LogP contribution in [0, 0.1) is 0 Å². The van der Waals surface area contributed by atoms with Gasteiger partial charge in [-0.3, -0.25) is 9.78 Å². The maximum absolute atomic E-state index is 12.7. The van der Waals surface area contributed by atoms with Gasteiger partial charge < -0.3 is 19.9 Å². The molecule has 0 bridgehead atoms. The molecule has 1 aliphatic rings. The van der Waals surface area contributed by atoms with Gasteiger partial charge in [0.05, 0.1) is 30.1 Å². The number of aromatic nitrogens is 5. The summed E-state index contributed by atoms with van der Waals surface area (Å²) in [5.41, 5.74) is 7.21. The monoisotopic (exact) mass is 670 g/mol. The quantitative estimate of drug-likeness (QED) is 0.149. The maximum atomic E-state index is 12.7. The number of tetrazole rings is 1. The first-order valence-corrected chi connectivity index (χ1v) is 17.0. The lowest BCUT2D eigenvalue weighted by Crippen LogP contribution is -2.31. The number of ether oxygens (including phenoxy) is 2. The van der Waals surface area contributed by atoms with Crippen molar-refractivity contribution in [1.29, 1.82) is 0 Å². The molecule has 1 fully saturated rings. The third-order valence-corrected chi connectivity index (χ3v) is 9.38. The lowest BCUT2D eigenvalue weighted by Gasteiger charge is -2.36. The van der Waals surface area contributed by atoms with Crippen molar-refractivity contribution in [1.82, 2.24) is 30.5 Å². The summed E-state index contributed by atoms with van der Waals surface area (Å²) in [6, 6.07) is 37.4. The summed E-state index contributed by atoms with van der Waals surface area (Å²) in [4.78, 5) is 16.7. The average molecular weight is 671 g/mol. The number of pyridine rings is 1. The number of hydrogen-bond donors (Lipinski definition) is 2. The van der Waals surface area contributed by atoms with E-state index in [-0.39, 0.29) is 24.7 Å². The number of nitrogens with one attached hydrogen (secondary N) is 1. The molecule has 2 N–H and O–H groups in total. The van der Waals surface area contributed by atoms with Gasteiger partial charge in [0.1, 0.15) is 0 Å². The van der Waals surface area contributed by atoms with Crippen LogP contribution in [0.4, 0.5) is 0 Å². The second kappa shape index (κ2) is 15.3. The average Bonchev–Trinajstić information content (AvgIpc) is 3.66. The number of carbonyl (C=O) groups excluding carboxylic acids is 1. The molecule has 1 aliphatic heterocycles. The van der Waals surface area contributed by atoms with Gasteiger partial charge >= 0.3 is 0 Å². The van der Waals surface area contributed by atoms with E-state index in [1.54, 1.807) is 41.0 Å². The minimum absolute atomic E-state index is 0.0146. The van der Waals surface area contributed by atoms with Crippen LogP contribution in [0.3, 0.4) is 0 Å². The fraction of sp³-hybridized carbons (Fsp3) is 0.184. The highest BCUT2D eigenvalue weighted by Gasteiger charge is 2.32. The van der Waals surface area contributed by atoms with Gasteiger partial charge in [-0.25, -0.2) is 0 Å². The minimum atomic E-state index is -0.602. The molecule has 0 saturated carbocycles. The second-order valence-corrected chi connectivity index (χ2v) is 12.6. The van der Waals surface area contributed by atoms with E-state index in [4.69, 9.17) is 9.47 Å². The Kier molecular flexibility index (Phi) is 10.1. The first kappa shape index (κ1) is 32.4. The summed E-state index contributed by atoms with van der Waals surface area (Å²) >= 11 is 1.54. The highest BCUT2D eigenvalue weighted by molar-refractivity contribution is 7.99. The van der Waals surface area contributed by atoms with Crippen LogP contribution in [0.1, 0.15) is 51.4 Å². The number of rotatable bonds is 11. The highest BCUT2D eigenvalue weighted by Crippen LogP contribution is 2.40. The molecule has 1 amide bonds. The molecule has 3 heterocycles. The molecule has 10 nitrogen and oxygen atoms in total.